The van der Waals surface area contributed by atoms with Gasteiger partial charge in [-0.2, -0.15) is 0 Å². The van der Waals surface area contributed by atoms with Crippen molar-refractivity contribution in [3.8, 4) is 11.4 Å². The van der Waals surface area contributed by atoms with E-state index in [1.54, 1.807) is 6.20 Å². The molecule has 0 spiro atoms. The highest BCUT2D eigenvalue weighted by atomic mass is 16.7. The van der Waals surface area contributed by atoms with Crippen LogP contribution in [0.4, 0.5) is 0 Å². The molecule has 2 heterocycles. The summed E-state index contributed by atoms with van der Waals surface area (Å²) < 4.78 is 10.8. The molecule has 3 rings (SSSR count). The Kier molecular flexibility index (Phi) is 2.44. The number of benzene rings is 1. The van der Waals surface area contributed by atoms with Crippen molar-refractivity contribution in [3.05, 3.63) is 42.2 Å². The van der Waals surface area contributed by atoms with Gasteiger partial charge in [-0.15, -0.1) is 0 Å². The summed E-state index contributed by atoms with van der Waals surface area (Å²) in [5.41, 5.74) is 1.93. The van der Waals surface area contributed by atoms with E-state index in [0.717, 1.165) is 17.1 Å². The van der Waals surface area contributed by atoms with Crippen molar-refractivity contribution in [1.29, 1.82) is 0 Å². The maximum atomic E-state index is 5.39. The topological polar surface area (TPSA) is 47.1 Å². The zero-order valence-corrected chi connectivity index (χ0v) is 8.72. The molecule has 1 fully saturated rings. The fourth-order valence-electron chi connectivity index (χ4n) is 1.74. The number of aromatic nitrogens is 2. The maximum absolute atomic E-state index is 5.39. The number of hydrogen-bond acceptors (Lipinski definition) is 3. The summed E-state index contributed by atoms with van der Waals surface area (Å²) in [5.74, 6) is 0.842. The Bertz CT molecular complexity index is 461. The van der Waals surface area contributed by atoms with E-state index in [1.165, 1.54) is 0 Å². The van der Waals surface area contributed by atoms with E-state index in [-0.39, 0.29) is 6.29 Å². The van der Waals surface area contributed by atoms with E-state index >= 15 is 0 Å². The Labute approximate surface area is 93.2 Å². The number of rotatable bonds is 2. The number of hydrogen-bond donors (Lipinski definition) is 1. The van der Waals surface area contributed by atoms with Gasteiger partial charge in [0.1, 0.15) is 5.82 Å². The van der Waals surface area contributed by atoms with Crippen molar-refractivity contribution in [3.63, 3.8) is 0 Å². The van der Waals surface area contributed by atoms with Crippen LogP contribution in [0.25, 0.3) is 11.4 Å². The lowest BCUT2D eigenvalue weighted by Gasteiger charge is -2.04. The number of ether oxygens (including phenoxy) is 2. The van der Waals surface area contributed by atoms with E-state index in [0.29, 0.717) is 13.2 Å². The van der Waals surface area contributed by atoms with Crippen LogP contribution in [-0.4, -0.2) is 23.2 Å². The van der Waals surface area contributed by atoms with Gasteiger partial charge in [0.15, 0.2) is 0 Å². The summed E-state index contributed by atoms with van der Waals surface area (Å²) >= 11 is 0. The molecule has 1 aliphatic rings. The van der Waals surface area contributed by atoms with Crippen LogP contribution in [0.15, 0.2) is 36.5 Å². The average molecular weight is 216 g/mol. The molecule has 16 heavy (non-hydrogen) atoms. The summed E-state index contributed by atoms with van der Waals surface area (Å²) in [4.78, 5) is 7.53. The predicted molar refractivity (Wildman–Crippen MR) is 58.7 cm³/mol. The Morgan fingerprint density at radius 3 is 2.62 bits per heavy atom. The smallest absolute Gasteiger partial charge is 0.200 e. The molecule has 0 saturated carbocycles. The lowest BCUT2D eigenvalue weighted by atomic mass is 10.2. The fraction of sp³-hybridized carbons (Fsp3) is 0.250. The minimum Gasteiger partial charge on any atom is -0.345 e. The quantitative estimate of drug-likeness (QED) is 0.836. The number of imidazole rings is 1. The lowest BCUT2D eigenvalue weighted by Crippen LogP contribution is -1.97. The fourth-order valence-corrected chi connectivity index (χ4v) is 1.74. The second kappa shape index (κ2) is 4.08. The largest absolute Gasteiger partial charge is 0.345 e. The molecule has 0 unspecified atom stereocenters. The van der Waals surface area contributed by atoms with Crippen molar-refractivity contribution in [1.82, 2.24) is 9.97 Å². The molecule has 0 bridgehead atoms. The summed E-state index contributed by atoms with van der Waals surface area (Å²) in [5, 5.41) is 0. The van der Waals surface area contributed by atoms with Crippen LogP contribution in [0.1, 0.15) is 12.0 Å². The molecular weight excluding hydrogens is 204 g/mol. The minimum absolute atomic E-state index is 0.287. The number of aromatic amines is 1. The Balaban J connectivity index is 1.87. The van der Waals surface area contributed by atoms with Crippen LogP contribution >= 0.6 is 0 Å². The zero-order valence-electron chi connectivity index (χ0n) is 8.72. The third kappa shape index (κ3) is 1.73. The van der Waals surface area contributed by atoms with Gasteiger partial charge in [0, 0.05) is 5.56 Å². The highest BCUT2D eigenvalue weighted by Gasteiger charge is 2.20. The normalized spacial score (nSPS) is 16.8. The van der Waals surface area contributed by atoms with Crippen LogP contribution in [0.5, 0.6) is 0 Å². The average Bonchev–Trinajstić information content (AvgIpc) is 3.01. The van der Waals surface area contributed by atoms with Gasteiger partial charge in [0.05, 0.1) is 25.1 Å². The molecule has 0 amide bonds. The van der Waals surface area contributed by atoms with Crippen molar-refractivity contribution in [2.75, 3.05) is 13.2 Å². The van der Waals surface area contributed by atoms with Gasteiger partial charge in [-0.05, 0) is 0 Å². The SMILES string of the molecule is c1ccc(-c2ncc(C3OCCO3)[nH]2)cc1. The molecule has 4 nitrogen and oxygen atoms in total. The molecule has 4 heteroatoms. The molecular formula is C12H12N2O2. The molecule has 82 valence electrons. The predicted octanol–water partition coefficient (Wildman–Crippen LogP) is 2.12. The van der Waals surface area contributed by atoms with Crippen LogP contribution in [0.2, 0.25) is 0 Å². The van der Waals surface area contributed by atoms with Gasteiger partial charge in [-0.25, -0.2) is 4.98 Å². The van der Waals surface area contributed by atoms with E-state index < -0.39 is 0 Å². The third-order valence-corrected chi connectivity index (χ3v) is 2.52. The molecule has 1 aromatic heterocycles. The van der Waals surface area contributed by atoms with Crippen molar-refractivity contribution >= 4 is 0 Å². The van der Waals surface area contributed by atoms with E-state index in [1.807, 2.05) is 30.3 Å². The number of nitrogens with one attached hydrogen (secondary N) is 1. The first kappa shape index (κ1) is 9.57. The first-order valence-corrected chi connectivity index (χ1v) is 5.27. The highest BCUT2D eigenvalue weighted by Crippen LogP contribution is 2.24. The van der Waals surface area contributed by atoms with E-state index in [9.17, 15) is 0 Å². The Hall–Kier alpha value is -1.65. The van der Waals surface area contributed by atoms with Gasteiger partial charge >= 0.3 is 0 Å². The molecule has 0 atom stereocenters. The van der Waals surface area contributed by atoms with Crippen LogP contribution in [-0.2, 0) is 9.47 Å². The van der Waals surface area contributed by atoms with Gasteiger partial charge in [-0.3, -0.25) is 0 Å². The number of H-pyrrole nitrogens is 1. The zero-order chi connectivity index (χ0) is 10.8. The molecule has 0 aliphatic carbocycles. The highest BCUT2D eigenvalue weighted by molar-refractivity contribution is 5.54. The number of nitrogens with zero attached hydrogens (tertiary/aromatic N) is 1. The second-order valence-electron chi connectivity index (χ2n) is 3.63. The van der Waals surface area contributed by atoms with Gasteiger partial charge in [0.2, 0.25) is 6.29 Å². The first-order chi connectivity index (χ1) is 7.93. The van der Waals surface area contributed by atoms with Crippen LogP contribution < -0.4 is 0 Å². The standard InChI is InChI=1S/C12H12N2O2/c1-2-4-9(5-3-1)11-13-8-10(14-11)12-15-6-7-16-12/h1-5,8,12H,6-7H2,(H,13,14). The van der Waals surface area contributed by atoms with Gasteiger partial charge in [0.25, 0.3) is 0 Å². The van der Waals surface area contributed by atoms with Crippen LogP contribution in [0, 0.1) is 0 Å². The summed E-state index contributed by atoms with van der Waals surface area (Å²) in [6, 6.07) is 9.98. The first-order valence-electron chi connectivity index (χ1n) is 5.27. The van der Waals surface area contributed by atoms with Crippen molar-refractivity contribution in [2.45, 2.75) is 6.29 Å². The molecule has 1 aliphatic heterocycles. The molecule has 1 saturated heterocycles. The van der Waals surface area contributed by atoms with E-state index in [4.69, 9.17) is 9.47 Å². The lowest BCUT2D eigenvalue weighted by molar-refractivity contribution is -0.0469. The maximum Gasteiger partial charge on any atom is 0.200 e. The third-order valence-electron chi connectivity index (χ3n) is 2.52. The summed E-state index contributed by atoms with van der Waals surface area (Å²) in [6.45, 7) is 1.29. The van der Waals surface area contributed by atoms with Crippen molar-refractivity contribution in [2.24, 2.45) is 0 Å². The summed E-state index contributed by atoms with van der Waals surface area (Å²) in [7, 11) is 0. The molecule has 0 radical (unpaired) electrons. The van der Waals surface area contributed by atoms with E-state index in [2.05, 4.69) is 9.97 Å². The second-order valence-corrected chi connectivity index (χ2v) is 3.63. The van der Waals surface area contributed by atoms with Crippen molar-refractivity contribution < 1.29 is 9.47 Å². The minimum atomic E-state index is -0.287. The Morgan fingerprint density at radius 2 is 1.88 bits per heavy atom. The Morgan fingerprint density at radius 1 is 1.12 bits per heavy atom. The molecule has 2 aromatic rings. The summed E-state index contributed by atoms with van der Waals surface area (Å²) in [6.07, 6.45) is 1.48. The monoisotopic (exact) mass is 216 g/mol. The molecule has 1 N–H and O–H groups in total. The van der Waals surface area contributed by atoms with Gasteiger partial charge < -0.3 is 14.5 Å². The molecule has 1 aromatic carbocycles. The van der Waals surface area contributed by atoms with Gasteiger partial charge in [-0.1, -0.05) is 30.3 Å². The van der Waals surface area contributed by atoms with Crippen LogP contribution in [0.3, 0.4) is 0 Å².